The number of carbonyl (C=O) groups excluding carboxylic acids is 1. The van der Waals surface area contributed by atoms with Gasteiger partial charge in [-0.05, 0) is 30.3 Å². The topological polar surface area (TPSA) is 83.9 Å². The average molecular weight is 306 g/mol. The fraction of sp³-hybridized carbons (Fsp3) is 0.118. The summed E-state index contributed by atoms with van der Waals surface area (Å²) >= 11 is 0. The van der Waals surface area contributed by atoms with Crippen LogP contribution in [0.5, 0.6) is 0 Å². The summed E-state index contributed by atoms with van der Waals surface area (Å²) in [5.74, 6) is -0.170. The molecule has 0 radical (unpaired) electrons. The Kier molecular flexibility index (Phi) is 4.20. The molecule has 0 aliphatic rings. The molecule has 1 N–H and O–H groups in total. The van der Waals surface area contributed by atoms with Gasteiger partial charge in [-0.1, -0.05) is 0 Å². The summed E-state index contributed by atoms with van der Waals surface area (Å²) in [5.41, 5.74) is 3.00. The van der Waals surface area contributed by atoms with E-state index in [4.69, 9.17) is 9.68 Å². The zero-order chi connectivity index (χ0) is 16.1. The van der Waals surface area contributed by atoms with Crippen LogP contribution < -0.4 is 5.32 Å². The molecule has 2 aromatic heterocycles. The molecule has 0 atom stereocenters. The lowest BCUT2D eigenvalue weighted by atomic mass is 10.1. The predicted molar refractivity (Wildman–Crippen MR) is 83.4 cm³/mol. The van der Waals surface area contributed by atoms with Crippen molar-refractivity contribution >= 4 is 5.91 Å². The highest BCUT2D eigenvalue weighted by Gasteiger charge is 2.06. The molecule has 6 nitrogen and oxygen atoms in total. The lowest BCUT2D eigenvalue weighted by Gasteiger charge is -2.05. The summed E-state index contributed by atoms with van der Waals surface area (Å²) in [6.45, 7) is 1.03. The second-order valence-corrected chi connectivity index (χ2v) is 4.95. The highest BCUT2D eigenvalue weighted by atomic mass is 16.3. The third-order valence-corrected chi connectivity index (χ3v) is 3.39. The Labute approximate surface area is 133 Å². The molecule has 0 saturated carbocycles. The number of rotatable bonds is 5. The lowest BCUT2D eigenvalue weighted by molar-refractivity contribution is 0.0952. The van der Waals surface area contributed by atoms with E-state index in [9.17, 15) is 4.79 Å². The molecule has 1 amide bonds. The molecule has 114 valence electrons. The Hall–Kier alpha value is -3.33. The van der Waals surface area contributed by atoms with Crippen LogP contribution in [0, 0.1) is 11.3 Å². The van der Waals surface area contributed by atoms with Crippen molar-refractivity contribution in [1.29, 1.82) is 5.26 Å². The van der Waals surface area contributed by atoms with Gasteiger partial charge in [-0.3, -0.25) is 9.48 Å². The van der Waals surface area contributed by atoms with Crippen molar-refractivity contribution in [2.75, 3.05) is 6.54 Å². The Bertz CT molecular complexity index is 826. The van der Waals surface area contributed by atoms with Gasteiger partial charge in [-0.25, -0.2) is 0 Å². The predicted octanol–water partition coefficient (Wildman–Crippen LogP) is 2.44. The van der Waals surface area contributed by atoms with Crippen LogP contribution in [0.15, 0.2) is 59.7 Å². The molecule has 2 heterocycles. The van der Waals surface area contributed by atoms with E-state index >= 15 is 0 Å². The van der Waals surface area contributed by atoms with Gasteiger partial charge >= 0.3 is 0 Å². The van der Waals surface area contributed by atoms with E-state index in [-0.39, 0.29) is 5.91 Å². The normalized spacial score (nSPS) is 10.2. The number of carbonyl (C=O) groups is 1. The smallest absolute Gasteiger partial charge is 0.251 e. The maximum atomic E-state index is 12.0. The number of furan rings is 1. The molecule has 0 spiro atoms. The van der Waals surface area contributed by atoms with Crippen molar-refractivity contribution < 1.29 is 9.21 Å². The number of hydrogen-bond acceptors (Lipinski definition) is 4. The van der Waals surface area contributed by atoms with E-state index in [0.29, 0.717) is 24.2 Å². The number of amides is 1. The first-order valence-electron chi connectivity index (χ1n) is 7.09. The third kappa shape index (κ3) is 3.47. The molecular weight excluding hydrogens is 292 g/mol. The molecule has 0 aliphatic heterocycles. The Morgan fingerprint density at radius 2 is 2.09 bits per heavy atom. The van der Waals surface area contributed by atoms with Gasteiger partial charge in [0.2, 0.25) is 0 Å². The van der Waals surface area contributed by atoms with E-state index in [2.05, 4.69) is 10.4 Å². The summed E-state index contributed by atoms with van der Waals surface area (Å²) in [4.78, 5) is 12.0. The molecule has 0 aliphatic carbocycles. The van der Waals surface area contributed by atoms with Crippen LogP contribution in [-0.4, -0.2) is 22.2 Å². The van der Waals surface area contributed by atoms with Crippen molar-refractivity contribution in [1.82, 2.24) is 15.1 Å². The minimum atomic E-state index is -0.170. The molecule has 1 aromatic carbocycles. The first-order valence-corrected chi connectivity index (χ1v) is 7.09. The van der Waals surface area contributed by atoms with Gasteiger partial charge in [0.05, 0.1) is 36.9 Å². The fourth-order valence-corrected chi connectivity index (χ4v) is 2.15. The lowest BCUT2D eigenvalue weighted by Crippen LogP contribution is -2.27. The number of nitriles is 1. The summed E-state index contributed by atoms with van der Waals surface area (Å²) in [7, 11) is 0. The van der Waals surface area contributed by atoms with E-state index in [1.807, 2.05) is 18.3 Å². The van der Waals surface area contributed by atoms with Crippen molar-refractivity contribution in [2.24, 2.45) is 0 Å². The zero-order valence-electron chi connectivity index (χ0n) is 12.3. The van der Waals surface area contributed by atoms with Crippen molar-refractivity contribution in [3.63, 3.8) is 0 Å². The molecule has 3 rings (SSSR count). The van der Waals surface area contributed by atoms with Gasteiger partial charge < -0.3 is 9.73 Å². The maximum Gasteiger partial charge on any atom is 0.251 e. The largest absolute Gasteiger partial charge is 0.472 e. The van der Waals surface area contributed by atoms with E-state index in [1.54, 1.807) is 47.7 Å². The number of benzene rings is 1. The molecule has 0 saturated heterocycles. The van der Waals surface area contributed by atoms with Gasteiger partial charge in [0.1, 0.15) is 0 Å². The minimum absolute atomic E-state index is 0.170. The van der Waals surface area contributed by atoms with E-state index in [1.165, 1.54) is 0 Å². The molecule has 0 fully saturated rings. The SMILES string of the molecule is N#Cc1ccc(C(=O)NCCn2cc(-c3ccoc3)cn2)cc1. The van der Waals surface area contributed by atoms with Gasteiger partial charge in [-0.2, -0.15) is 10.4 Å². The average Bonchev–Trinajstić information content (AvgIpc) is 3.26. The van der Waals surface area contributed by atoms with Gasteiger partial charge in [0, 0.05) is 29.4 Å². The first-order chi connectivity index (χ1) is 11.3. The monoisotopic (exact) mass is 306 g/mol. The number of nitrogens with zero attached hydrogens (tertiary/aromatic N) is 3. The van der Waals surface area contributed by atoms with Crippen LogP contribution in [0.4, 0.5) is 0 Å². The molecule has 3 aromatic rings. The van der Waals surface area contributed by atoms with Crippen LogP contribution in [0.25, 0.3) is 11.1 Å². The van der Waals surface area contributed by atoms with E-state index in [0.717, 1.165) is 11.1 Å². The molecule has 0 unspecified atom stereocenters. The van der Waals surface area contributed by atoms with Crippen LogP contribution in [-0.2, 0) is 6.54 Å². The number of aromatic nitrogens is 2. The quantitative estimate of drug-likeness (QED) is 0.784. The zero-order valence-corrected chi connectivity index (χ0v) is 12.3. The molecule has 6 heteroatoms. The van der Waals surface area contributed by atoms with Gasteiger partial charge in [0.25, 0.3) is 5.91 Å². The van der Waals surface area contributed by atoms with Crippen LogP contribution in [0.2, 0.25) is 0 Å². The Morgan fingerprint density at radius 1 is 1.26 bits per heavy atom. The van der Waals surface area contributed by atoms with Gasteiger partial charge in [0.15, 0.2) is 0 Å². The Balaban J connectivity index is 1.53. The summed E-state index contributed by atoms with van der Waals surface area (Å²) in [6.07, 6.45) is 6.94. The highest BCUT2D eigenvalue weighted by Crippen LogP contribution is 2.18. The maximum absolute atomic E-state index is 12.0. The molecule has 0 bridgehead atoms. The summed E-state index contributed by atoms with van der Waals surface area (Å²) < 4.78 is 6.81. The van der Waals surface area contributed by atoms with Gasteiger partial charge in [-0.15, -0.1) is 0 Å². The summed E-state index contributed by atoms with van der Waals surface area (Å²) in [6, 6.07) is 10.4. The van der Waals surface area contributed by atoms with Crippen molar-refractivity contribution in [3.8, 4) is 17.2 Å². The second-order valence-electron chi connectivity index (χ2n) is 4.95. The van der Waals surface area contributed by atoms with Crippen molar-refractivity contribution in [2.45, 2.75) is 6.54 Å². The van der Waals surface area contributed by atoms with E-state index < -0.39 is 0 Å². The molecule has 23 heavy (non-hydrogen) atoms. The third-order valence-electron chi connectivity index (χ3n) is 3.39. The standard InChI is InChI=1S/C17H14N4O2/c18-9-13-1-3-14(4-2-13)17(22)19-6-7-21-11-16(10-20-21)15-5-8-23-12-15/h1-5,8,10-12H,6-7H2,(H,19,22). The van der Waals surface area contributed by atoms with Crippen LogP contribution >= 0.6 is 0 Å². The Morgan fingerprint density at radius 3 is 2.78 bits per heavy atom. The fourth-order valence-electron chi connectivity index (χ4n) is 2.15. The second kappa shape index (κ2) is 6.62. The number of hydrogen-bond donors (Lipinski definition) is 1. The first kappa shape index (κ1) is 14.6. The highest BCUT2D eigenvalue weighted by molar-refractivity contribution is 5.94. The number of nitrogens with one attached hydrogen (secondary N) is 1. The van der Waals surface area contributed by atoms with Crippen LogP contribution in [0.3, 0.4) is 0 Å². The summed E-state index contributed by atoms with van der Waals surface area (Å²) in [5, 5.41) is 15.8. The van der Waals surface area contributed by atoms with Crippen molar-refractivity contribution in [3.05, 3.63) is 66.4 Å². The molecular formula is C17H14N4O2. The van der Waals surface area contributed by atoms with Crippen LogP contribution in [0.1, 0.15) is 15.9 Å². The minimum Gasteiger partial charge on any atom is -0.472 e.